The van der Waals surface area contributed by atoms with Gasteiger partial charge in [-0.15, -0.1) is 10.2 Å². The van der Waals surface area contributed by atoms with Crippen LogP contribution in [0.2, 0.25) is 0 Å². The van der Waals surface area contributed by atoms with Crippen molar-refractivity contribution >= 4 is 17.6 Å². The van der Waals surface area contributed by atoms with E-state index in [-0.39, 0.29) is 24.3 Å². The van der Waals surface area contributed by atoms with Gasteiger partial charge in [0.05, 0.1) is 25.5 Å². The molecule has 0 atom stereocenters. The number of amides is 2. The highest BCUT2D eigenvalue weighted by molar-refractivity contribution is 5.85. The van der Waals surface area contributed by atoms with Crippen LogP contribution in [0.4, 0.5) is 5.82 Å². The zero-order valence-electron chi connectivity index (χ0n) is 22.4. The minimum Gasteiger partial charge on any atom is -0.379 e. The minimum absolute atomic E-state index is 0.0135. The van der Waals surface area contributed by atoms with Gasteiger partial charge in [0, 0.05) is 64.3 Å². The van der Waals surface area contributed by atoms with E-state index in [4.69, 9.17) is 4.74 Å². The molecule has 0 aliphatic carbocycles. The van der Waals surface area contributed by atoms with Gasteiger partial charge in [-0.3, -0.25) is 14.5 Å². The number of benzene rings is 1. The van der Waals surface area contributed by atoms with Gasteiger partial charge in [0.25, 0.3) is 0 Å². The highest BCUT2D eigenvalue weighted by atomic mass is 16.5. The van der Waals surface area contributed by atoms with Gasteiger partial charge < -0.3 is 19.4 Å². The van der Waals surface area contributed by atoms with Crippen LogP contribution in [0.25, 0.3) is 11.3 Å². The maximum atomic E-state index is 13.2. The van der Waals surface area contributed by atoms with Gasteiger partial charge in [-0.2, -0.15) is 0 Å². The Kier molecular flexibility index (Phi) is 9.46. The first-order chi connectivity index (χ1) is 17.9. The third-order valence-corrected chi connectivity index (χ3v) is 7.01. The number of aromatic nitrogens is 2. The van der Waals surface area contributed by atoms with Crippen molar-refractivity contribution in [2.24, 2.45) is 5.92 Å². The summed E-state index contributed by atoms with van der Waals surface area (Å²) in [5, 5.41) is 8.87. The summed E-state index contributed by atoms with van der Waals surface area (Å²) in [6.07, 6.45) is 0.460. The molecule has 37 heavy (non-hydrogen) atoms. The molecule has 2 aliphatic rings. The van der Waals surface area contributed by atoms with Crippen LogP contribution in [0.15, 0.2) is 36.4 Å². The van der Waals surface area contributed by atoms with Gasteiger partial charge in [-0.05, 0) is 25.0 Å². The minimum atomic E-state index is 0.0135. The molecule has 0 unspecified atom stereocenters. The summed E-state index contributed by atoms with van der Waals surface area (Å²) >= 11 is 0. The third kappa shape index (κ3) is 7.72. The Morgan fingerprint density at radius 2 is 1.65 bits per heavy atom. The Morgan fingerprint density at radius 1 is 0.946 bits per heavy atom. The molecule has 200 valence electrons. The van der Waals surface area contributed by atoms with Gasteiger partial charge >= 0.3 is 0 Å². The molecule has 0 saturated carbocycles. The lowest BCUT2D eigenvalue weighted by Gasteiger charge is -2.36. The molecule has 0 N–H and O–H groups in total. The Bertz CT molecular complexity index is 1010. The van der Waals surface area contributed by atoms with E-state index in [9.17, 15) is 9.59 Å². The number of hydrogen-bond acceptors (Lipinski definition) is 7. The molecule has 2 aromatic rings. The van der Waals surface area contributed by atoms with Crippen molar-refractivity contribution in [3.8, 4) is 11.3 Å². The fourth-order valence-corrected chi connectivity index (χ4v) is 4.68. The zero-order valence-corrected chi connectivity index (χ0v) is 22.4. The summed E-state index contributed by atoms with van der Waals surface area (Å²) in [4.78, 5) is 34.2. The molecule has 2 fully saturated rings. The molecule has 3 heterocycles. The van der Waals surface area contributed by atoms with Crippen molar-refractivity contribution in [2.45, 2.75) is 27.2 Å². The Labute approximate surface area is 220 Å². The van der Waals surface area contributed by atoms with Gasteiger partial charge in [-0.25, -0.2) is 0 Å². The number of carbonyl (C=O) groups excluding carboxylic acids is 2. The van der Waals surface area contributed by atoms with E-state index >= 15 is 0 Å². The van der Waals surface area contributed by atoms with Crippen LogP contribution in [0.3, 0.4) is 0 Å². The van der Waals surface area contributed by atoms with Crippen molar-refractivity contribution in [2.75, 3.05) is 77.0 Å². The molecule has 0 spiro atoms. The van der Waals surface area contributed by atoms with E-state index in [0.717, 1.165) is 49.9 Å². The van der Waals surface area contributed by atoms with Crippen molar-refractivity contribution in [3.05, 3.63) is 42.0 Å². The molecule has 9 nitrogen and oxygen atoms in total. The van der Waals surface area contributed by atoms with Gasteiger partial charge in [0.15, 0.2) is 5.82 Å². The van der Waals surface area contributed by atoms with E-state index < -0.39 is 0 Å². The number of rotatable bonds is 9. The monoisotopic (exact) mass is 508 g/mol. The fraction of sp³-hybridized carbons (Fsp3) is 0.571. The molecule has 9 heteroatoms. The molecule has 2 aliphatic heterocycles. The van der Waals surface area contributed by atoms with Crippen LogP contribution in [0, 0.1) is 12.8 Å². The Morgan fingerprint density at radius 3 is 2.27 bits per heavy atom. The molecular weight excluding hydrogens is 468 g/mol. The lowest BCUT2D eigenvalue weighted by molar-refractivity contribution is -0.141. The third-order valence-electron chi connectivity index (χ3n) is 7.01. The molecular formula is C28H40N6O3. The second-order valence-electron chi connectivity index (χ2n) is 10.4. The second-order valence-corrected chi connectivity index (χ2v) is 10.4. The lowest BCUT2D eigenvalue weighted by atomic mass is 10.1. The van der Waals surface area contributed by atoms with E-state index in [1.165, 1.54) is 5.56 Å². The predicted molar refractivity (Wildman–Crippen MR) is 144 cm³/mol. The van der Waals surface area contributed by atoms with Crippen LogP contribution in [-0.2, 0) is 14.3 Å². The van der Waals surface area contributed by atoms with Gasteiger partial charge in [0.2, 0.25) is 11.8 Å². The normalized spacial score (nSPS) is 16.8. The van der Waals surface area contributed by atoms with Crippen molar-refractivity contribution in [1.82, 2.24) is 24.9 Å². The molecule has 2 amide bonds. The van der Waals surface area contributed by atoms with Crippen LogP contribution in [0.1, 0.15) is 25.8 Å². The molecule has 0 radical (unpaired) electrons. The Balaban J connectivity index is 1.29. The number of ether oxygens (including phenoxy) is 1. The highest BCUT2D eigenvalue weighted by Crippen LogP contribution is 2.20. The predicted octanol–water partition coefficient (Wildman–Crippen LogP) is 2.31. The maximum Gasteiger partial charge on any atom is 0.242 e. The summed E-state index contributed by atoms with van der Waals surface area (Å²) < 4.78 is 5.43. The average molecular weight is 509 g/mol. The quantitative estimate of drug-likeness (QED) is 0.514. The van der Waals surface area contributed by atoms with Crippen LogP contribution >= 0.6 is 0 Å². The maximum absolute atomic E-state index is 13.2. The van der Waals surface area contributed by atoms with Crippen LogP contribution in [-0.4, -0.2) is 109 Å². The van der Waals surface area contributed by atoms with Crippen LogP contribution < -0.4 is 4.90 Å². The number of nitrogens with zero attached hydrogens (tertiary/aromatic N) is 6. The first-order valence-electron chi connectivity index (χ1n) is 13.4. The molecule has 1 aromatic carbocycles. The molecule has 2 saturated heterocycles. The topological polar surface area (TPSA) is 82.1 Å². The van der Waals surface area contributed by atoms with E-state index in [1.54, 1.807) is 4.90 Å². The number of morpholine rings is 1. The van der Waals surface area contributed by atoms with Crippen molar-refractivity contribution < 1.29 is 14.3 Å². The van der Waals surface area contributed by atoms with Gasteiger partial charge in [-0.1, -0.05) is 43.7 Å². The summed E-state index contributed by atoms with van der Waals surface area (Å²) in [6.45, 7) is 13.4. The number of aryl methyl sites for hydroxylation is 1. The van der Waals surface area contributed by atoms with E-state index in [2.05, 4.69) is 51.2 Å². The SMILES string of the molecule is Cc1ccc(-c2ccc(N3CCN(C(=O)CN(CCN4CCOCC4)C(=O)CC(C)C)CC3)nn2)cc1. The molecule has 0 bridgehead atoms. The lowest BCUT2D eigenvalue weighted by Crippen LogP contribution is -2.53. The molecule has 4 rings (SSSR count). The van der Waals surface area contributed by atoms with Crippen molar-refractivity contribution in [1.29, 1.82) is 0 Å². The van der Waals surface area contributed by atoms with Gasteiger partial charge in [0.1, 0.15) is 0 Å². The summed E-state index contributed by atoms with van der Waals surface area (Å²) in [6, 6.07) is 12.2. The zero-order chi connectivity index (χ0) is 26.2. The molecule has 1 aromatic heterocycles. The standard InChI is InChI=1S/C28H40N6O3/c1-22(2)20-27(35)34(11-10-31-16-18-37-19-17-31)21-28(36)33-14-12-32(13-15-33)26-9-8-25(29-30-26)24-6-4-23(3)5-7-24/h4-9,22H,10-21H2,1-3H3. The largest absolute Gasteiger partial charge is 0.379 e. The fourth-order valence-electron chi connectivity index (χ4n) is 4.68. The first kappa shape index (κ1) is 27.0. The highest BCUT2D eigenvalue weighted by Gasteiger charge is 2.26. The number of anilines is 1. The number of piperazine rings is 1. The number of hydrogen-bond donors (Lipinski definition) is 0. The van der Waals surface area contributed by atoms with E-state index in [0.29, 0.717) is 39.1 Å². The second kappa shape index (κ2) is 13.0. The summed E-state index contributed by atoms with van der Waals surface area (Å²) in [5.74, 6) is 1.15. The summed E-state index contributed by atoms with van der Waals surface area (Å²) in [7, 11) is 0. The number of carbonyl (C=O) groups is 2. The smallest absolute Gasteiger partial charge is 0.242 e. The first-order valence-corrected chi connectivity index (χ1v) is 13.4. The van der Waals surface area contributed by atoms with Crippen molar-refractivity contribution in [3.63, 3.8) is 0 Å². The summed E-state index contributed by atoms with van der Waals surface area (Å²) in [5.41, 5.74) is 3.11. The van der Waals surface area contributed by atoms with E-state index in [1.807, 2.05) is 30.9 Å². The Hall–Kier alpha value is -3.04. The van der Waals surface area contributed by atoms with Crippen LogP contribution in [0.5, 0.6) is 0 Å². The average Bonchev–Trinajstić information content (AvgIpc) is 2.91.